The Balaban J connectivity index is 2.53. The molecule has 0 saturated heterocycles. The van der Waals surface area contributed by atoms with E-state index < -0.39 is 0 Å². The van der Waals surface area contributed by atoms with E-state index in [1.165, 1.54) is 11.1 Å². The largest absolute Gasteiger partial charge is 0.289 e. The molecule has 0 saturated carbocycles. The lowest BCUT2D eigenvalue weighted by molar-refractivity contribution is 0.874. The molecule has 2 aromatic carbocycles. The minimum atomic E-state index is 0.173. The molecule has 20 heavy (non-hydrogen) atoms. The molecule has 0 spiro atoms. The maximum absolute atomic E-state index is 12.7. The number of rotatable bonds is 2. The highest BCUT2D eigenvalue weighted by Gasteiger charge is 2.12. The highest BCUT2D eigenvalue weighted by molar-refractivity contribution is 7.24. The lowest BCUT2D eigenvalue weighted by atomic mass is 9.97. The lowest BCUT2D eigenvalue weighted by Gasteiger charge is -2.12. The van der Waals surface area contributed by atoms with Gasteiger partial charge in [0, 0.05) is 20.2 Å². The molecular formula is C18H18OS. The summed E-state index contributed by atoms with van der Waals surface area (Å²) < 4.78 is 2.23. The average molecular weight is 282 g/mol. The molecule has 0 fully saturated rings. The van der Waals surface area contributed by atoms with Crippen LogP contribution in [0, 0.1) is 0 Å². The summed E-state index contributed by atoms with van der Waals surface area (Å²) in [7, 11) is 0. The quantitative estimate of drug-likeness (QED) is 0.598. The van der Waals surface area contributed by atoms with Gasteiger partial charge in [-0.2, -0.15) is 0 Å². The van der Waals surface area contributed by atoms with E-state index in [0.29, 0.717) is 5.92 Å². The van der Waals surface area contributed by atoms with Crippen molar-refractivity contribution in [2.24, 2.45) is 0 Å². The van der Waals surface area contributed by atoms with Gasteiger partial charge in [-0.15, -0.1) is 11.3 Å². The predicted molar refractivity (Wildman–Crippen MR) is 89.1 cm³/mol. The summed E-state index contributed by atoms with van der Waals surface area (Å²) >= 11 is 1.74. The zero-order valence-electron chi connectivity index (χ0n) is 12.1. The van der Waals surface area contributed by atoms with E-state index in [2.05, 4.69) is 32.9 Å². The van der Waals surface area contributed by atoms with Crippen molar-refractivity contribution in [3.63, 3.8) is 0 Å². The third-order valence-corrected chi connectivity index (χ3v) is 5.03. The van der Waals surface area contributed by atoms with Gasteiger partial charge < -0.3 is 0 Å². The molecule has 0 bridgehead atoms. The van der Waals surface area contributed by atoms with Crippen LogP contribution in [-0.4, -0.2) is 0 Å². The van der Waals surface area contributed by atoms with Crippen LogP contribution in [0.1, 0.15) is 37.8 Å². The van der Waals surface area contributed by atoms with Crippen LogP contribution in [0.15, 0.2) is 41.2 Å². The Morgan fingerprint density at radius 2 is 1.85 bits per heavy atom. The molecule has 102 valence electrons. The van der Waals surface area contributed by atoms with Crippen molar-refractivity contribution >= 4 is 31.5 Å². The molecule has 2 heteroatoms. The zero-order valence-corrected chi connectivity index (χ0v) is 12.9. The molecule has 3 rings (SSSR count). The molecule has 0 unspecified atom stereocenters. The summed E-state index contributed by atoms with van der Waals surface area (Å²) in [5, 5.41) is 1.73. The summed E-state index contributed by atoms with van der Waals surface area (Å²) in [6.07, 6.45) is 0.965. The summed E-state index contributed by atoms with van der Waals surface area (Å²) in [4.78, 5) is 12.7. The summed E-state index contributed by atoms with van der Waals surface area (Å²) in [6.45, 7) is 6.53. The minimum Gasteiger partial charge on any atom is -0.289 e. The molecule has 0 aliphatic rings. The van der Waals surface area contributed by atoms with Gasteiger partial charge in [-0.1, -0.05) is 39.0 Å². The van der Waals surface area contributed by atoms with Crippen molar-refractivity contribution in [2.75, 3.05) is 0 Å². The predicted octanol–water partition coefficient (Wildman–Crippen LogP) is 5.10. The monoisotopic (exact) mass is 282 g/mol. The van der Waals surface area contributed by atoms with Crippen LogP contribution in [0.5, 0.6) is 0 Å². The number of fused-ring (bicyclic) bond motifs is 2. The van der Waals surface area contributed by atoms with Crippen molar-refractivity contribution in [1.82, 2.24) is 0 Å². The van der Waals surface area contributed by atoms with Crippen LogP contribution in [0.2, 0.25) is 0 Å². The van der Waals surface area contributed by atoms with Gasteiger partial charge in [0.15, 0.2) is 5.43 Å². The van der Waals surface area contributed by atoms with Crippen LogP contribution >= 0.6 is 11.3 Å². The lowest BCUT2D eigenvalue weighted by Crippen LogP contribution is -2.04. The fraction of sp³-hybridized carbons (Fsp3) is 0.278. The Bertz CT molecular complexity index is 843. The Morgan fingerprint density at radius 1 is 1.10 bits per heavy atom. The highest BCUT2D eigenvalue weighted by Crippen LogP contribution is 2.32. The van der Waals surface area contributed by atoms with Crippen molar-refractivity contribution in [2.45, 2.75) is 33.1 Å². The third-order valence-electron chi connectivity index (χ3n) is 3.80. The molecule has 0 atom stereocenters. The summed E-state index contributed by atoms with van der Waals surface area (Å²) in [5.41, 5.74) is 2.72. The number of benzene rings is 2. The van der Waals surface area contributed by atoms with Gasteiger partial charge in [0.1, 0.15) is 0 Å². The maximum atomic E-state index is 12.7. The summed E-state index contributed by atoms with van der Waals surface area (Å²) in [6, 6.07) is 12.2. The average Bonchev–Trinajstić information content (AvgIpc) is 2.46. The van der Waals surface area contributed by atoms with Crippen LogP contribution in [-0.2, 0) is 6.42 Å². The minimum absolute atomic E-state index is 0.173. The van der Waals surface area contributed by atoms with Gasteiger partial charge >= 0.3 is 0 Å². The van der Waals surface area contributed by atoms with Gasteiger partial charge in [0.05, 0.1) is 0 Å². The molecule has 0 N–H and O–H groups in total. The van der Waals surface area contributed by atoms with Gasteiger partial charge in [-0.25, -0.2) is 0 Å². The zero-order chi connectivity index (χ0) is 14.3. The van der Waals surface area contributed by atoms with E-state index in [1.807, 2.05) is 24.3 Å². The molecule has 3 aromatic rings. The Morgan fingerprint density at radius 3 is 2.55 bits per heavy atom. The maximum Gasteiger partial charge on any atom is 0.195 e. The number of hydrogen-bond acceptors (Lipinski definition) is 2. The number of hydrogen-bond donors (Lipinski definition) is 0. The van der Waals surface area contributed by atoms with Gasteiger partial charge in [0.25, 0.3) is 0 Å². The molecule has 1 aromatic heterocycles. The van der Waals surface area contributed by atoms with Crippen molar-refractivity contribution < 1.29 is 0 Å². The molecular weight excluding hydrogens is 264 g/mol. The molecule has 0 radical (unpaired) electrons. The second kappa shape index (κ2) is 5.02. The van der Waals surface area contributed by atoms with Crippen LogP contribution in [0.4, 0.5) is 0 Å². The van der Waals surface area contributed by atoms with Gasteiger partial charge in [-0.05, 0) is 41.7 Å². The highest BCUT2D eigenvalue weighted by atomic mass is 32.1. The number of aryl methyl sites for hydroxylation is 1. The smallest absolute Gasteiger partial charge is 0.195 e. The van der Waals surface area contributed by atoms with Crippen LogP contribution in [0.3, 0.4) is 0 Å². The second-order valence-corrected chi connectivity index (χ2v) is 6.55. The topological polar surface area (TPSA) is 17.1 Å². The van der Waals surface area contributed by atoms with E-state index in [-0.39, 0.29) is 5.43 Å². The van der Waals surface area contributed by atoms with Crippen molar-refractivity contribution in [3.8, 4) is 0 Å². The van der Waals surface area contributed by atoms with Crippen LogP contribution in [0.25, 0.3) is 20.2 Å². The third kappa shape index (κ3) is 2.04. The molecule has 0 aliphatic carbocycles. The first-order valence-corrected chi connectivity index (χ1v) is 7.91. The fourth-order valence-electron chi connectivity index (χ4n) is 2.63. The van der Waals surface area contributed by atoms with Crippen molar-refractivity contribution in [3.05, 3.63) is 57.7 Å². The van der Waals surface area contributed by atoms with E-state index in [1.54, 1.807) is 11.3 Å². The molecule has 0 amide bonds. The van der Waals surface area contributed by atoms with E-state index in [0.717, 1.165) is 26.6 Å². The van der Waals surface area contributed by atoms with Gasteiger partial charge in [0.2, 0.25) is 0 Å². The Hall–Kier alpha value is -1.67. The van der Waals surface area contributed by atoms with Gasteiger partial charge in [-0.3, -0.25) is 4.79 Å². The first-order valence-electron chi connectivity index (χ1n) is 7.10. The first-order chi connectivity index (χ1) is 9.61. The first kappa shape index (κ1) is 13.3. The van der Waals surface area contributed by atoms with E-state index >= 15 is 0 Å². The van der Waals surface area contributed by atoms with E-state index in [9.17, 15) is 4.79 Å². The molecule has 0 aliphatic heterocycles. The van der Waals surface area contributed by atoms with Crippen LogP contribution < -0.4 is 5.43 Å². The second-order valence-electron chi connectivity index (χ2n) is 5.50. The molecule has 1 heterocycles. The van der Waals surface area contributed by atoms with E-state index in [4.69, 9.17) is 0 Å². The normalized spacial score (nSPS) is 11.6. The standard InChI is InChI=1S/C18H18OS/c1-4-12-9-14(11(2)3)18-15(10-12)17(19)13-7-5-6-8-16(13)20-18/h5-11H,4H2,1-3H3. The van der Waals surface area contributed by atoms with Crippen molar-refractivity contribution in [1.29, 1.82) is 0 Å². The fourth-order valence-corrected chi connectivity index (χ4v) is 3.94. The Kier molecular flexibility index (Phi) is 3.35. The Labute approximate surface area is 122 Å². The SMILES string of the molecule is CCc1cc(C(C)C)c2sc3ccccc3c(=O)c2c1. The molecule has 1 nitrogen and oxygen atoms in total. The summed E-state index contributed by atoms with van der Waals surface area (Å²) in [5.74, 6) is 0.431.